The zero-order valence-electron chi connectivity index (χ0n) is 5.15. The molecule has 0 bridgehead atoms. The number of nitrogens with two attached hydrogens (primary N) is 1. The third-order valence-electron chi connectivity index (χ3n) is 1.07. The zero-order valence-corrected chi connectivity index (χ0v) is 5.15. The molecule has 0 atom stereocenters. The second-order valence-corrected chi connectivity index (χ2v) is 1.72. The molecule has 0 saturated heterocycles. The Bertz CT molecular complexity index is 222. The van der Waals surface area contributed by atoms with E-state index in [4.69, 9.17) is 0 Å². The Morgan fingerprint density at radius 3 is 2.60 bits per heavy atom. The van der Waals surface area contributed by atoms with E-state index in [2.05, 4.69) is 4.98 Å². The average molecular weight is 138 g/mol. The summed E-state index contributed by atoms with van der Waals surface area (Å²) in [6.07, 6.45) is 2.94. The maximum Gasteiger partial charge on any atom is 0.342 e. The number of primary amides is 1. The van der Waals surface area contributed by atoms with Crippen molar-refractivity contribution in [1.82, 2.24) is 4.98 Å². The molecule has 4 nitrogen and oxygen atoms in total. The van der Waals surface area contributed by atoms with Crippen molar-refractivity contribution in [2.45, 2.75) is 0 Å². The monoisotopic (exact) mass is 138 g/mol. The number of nitrogens with zero attached hydrogens (tertiary/aromatic N) is 1. The molecule has 4 heteroatoms. The molecule has 0 saturated carbocycles. The van der Waals surface area contributed by atoms with Gasteiger partial charge in [-0.1, -0.05) is 0 Å². The van der Waals surface area contributed by atoms with Crippen LogP contribution in [0.2, 0.25) is 0 Å². The van der Waals surface area contributed by atoms with E-state index >= 15 is 0 Å². The van der Waals surface area contributed by atoms with Crippen molar-refractivity contribution in [1.29, 1.82) is 0 Å². The van der Waals surface area contributed by atoms with Gasteiger partial charge in [0.1, 0.15) is 0 Å². The van der Waals surface area contributed by atoms with Crippen molar-refractivity contribution in [3.63, 3.8) is 0 Å². The van der Waals surface area contributed by atoms with Gasteiger partial charge >= 0.3 is 5.91 Å². The van der Waals surface area contributed by atoms with Crippen molar-refractivity contribution < 1.29 is 10.3 Å². The fraction of sp³-hybridized carbons (Fsp3) is 0. The van der Waals surface area contributed by atoms with Gasteiger partial charge < -0.3 is 10.7 Å². The molecule has 0 spiro atoms. The summed E-state index contributed by atoms with van der Waals surface area (Å²) in [5.74, 6) is -0.512. The van der Waals surface area contributed by atoms with Crippen LogP contribution in [0.1, 0.15) is 10.4 Å². The highest BCUT2D eigenvalue weighted by molar-refractivity contribution is 5.86. The third-order valence-corrected chi connectivity index (χ3v) is 1.07. The normalized spacial score (nSPS) is 9.30. The number of amides is 1. The van der Waals surface area contributed by atoms with Crippen molar-refractivity contribution in [2.75, 3.05) is 0 Å². The largest absolute Gasteiger partial charge is 0.628 e. The van der Waals surface area contributed by atoms with Crippen LogP contribution in [-0.4, -0.2) is 10.9 Å². The van der Waals surface area contributed by atoms with Crippen LogP contribution in [0.3, 0.4) is 0 Å². The standard InChI is InChI=1S/C6H6N2O2/c9-6(8-10)5-1-3-7-4-2-5/h1-4H,8H2. The number of aromatic nitrogens is 1. The summed E-state index contributed by atoms with van der Waals surface area (Å²) in [4.78, 5) is 14.3. The molecule has 10 heavy (non-hydrogen) atoms. The van der Waals surface area contributed by atoms with Crippen LogP contribution in [-0.2, 0) is 0 Å². The fourth-order valence-electron chi connectivity index (χ4n) is 0.584. The van der Waals surface area contributed by atoms with E-state index in [-0.39, 0.29) is 5.48 Å². The summed E-state index contributed by atoms with van der Waals surface area (Å²) in [7, 11) is 0. The van der Waals surface area contributed by atoms with E-state index in [9.17, 15) is 10.0 Å². The molecule has 1 aromatic heterocycles. The lowest BCUT2D eigenvalue weighted by atomic mass is 10.3. The van der Waals surface area contributed by atoms with Gasteiger partial charge in [-0.25, -0.2) is 4.79 Å². The highest BCUT2D eigenvalue weighted by Gasteiger charge is 2.01. The quantitative estimate of drug-likeness (QED) is 0.521. The first-order valence-electron chi connectivity index (χ1n) is 2.74. The second-order valence-electron chi connectivity index (χ2n) is 1.72. The predicted octanol–water partition coefficient (Wildman–Crippen LogP) is -0.717. The molecule has 1 aromatic rings. The van der Waals surface area contributed by atoms with Gasteiger partial charge in [-0.2, -0.15) is 0 Å². The molecule has 1 heterocycles. The third kappa shape index (κ3) is 1.37. The van der Waals surface area contributed by atoms with Crippen LogP contribution in [0.15, 0.2) is 24.5 Å². The van der Waals surface area contributed by atoms with Crippen LogP contribution in [0, 0.1) is 5.21 Å². The molecule has 0 aromatic carbocycles. The predicted molar refractivity (Wildman–Crippen MR) is 33.9 cm³/mol. The number of carbonyl (C=O) groups excluding carboxylic acids is 1. The van der Waals surface area contributed by atoms with Gasteiger partial charge in [-0.3, -0.25) is 4.98 Å². The second kappa shape index (κ2) is 3.05. The first kappa shape index (κ1) is 6.85. The van der Waals surface area contributed by atoms with E-state index in [0.717, 1.165) is 0 Å². The Morgan fingerprint density at radius 1 is 1.50 bits per heavy atom. The van der Waals surface area contributed by atoms with Crippen LogP contribution in [0.4, 0.5) is 0 Å². The van der Waals surface area contributed by atoms with E-state index in [0.29, 0.717) is 5.56 Å². The zero-order chi connectivity index (χ0) is 7.40. The van der Waals surface area contributed by atoms with Crippen molar-refractivity contribution in [2.24, 2.45) is 0 Å². The van der Waals surface area contributed by atoms with Crippen LogP contribution in [0.5, 0.6) is 0 Å². The molecule has 2 N–H and O–H groups in total. The lowest BCUT2D eigenvalue weighted by Crippen LogP contribution is -2.81. The van der Waals surface area contributed by atoms with E-state index < -0.39 is 5.91 Å². The number of quaternary nitrogens is 1. The minimum absolute atomic E-state index is 0.287. The molecule has 1 amide bonds. The summed E-state index contributed by atoms with van der Waals surface area (Å²) in [5, 5.41) is 9.94. The molecule has 0 unspecified atom stereocenters. The van der Waals surface area contributed by atoms with Crippen LogP contribution < -0.4 is 5.48 Å². The Balaban J connectivity index is 2.85. The van der Waals surface area contributed by atoms with E-state index in [1.807, 2.05) is 0 Å². The lowest BCUT2D eigenvalue weighted by molar-refractivity contribution is -0.481. The molecular formula is C6H6N2O2. The van der Waals surface area contributed by atoms with E-state index in [1.165, 1.54) is 24.5 Å². The first-order valence-corrected chi connectivity index (χ1v) is 2.74. The Kier molecular flexibility index (Phi) is 2.09. The molecule has 52 valence electrons. The molecule has 0 aliphatic rings. The number of hydroxylamine groups is 1. The fourth-order valence-corrected chi connectivity index (χ4v) is 0.584. The van der Waals surface area contributed by atoms with Gasteiger partial charge in [0, 0.05) is 12.4 Å². The summed E-state index contributed by atoms with van der Waals surface area (Å²) in [6, 6.07) is 2.99. The van der Waals surface area contributed by atoms with Gasteiger partial charge in [0.25, 0.3) is 0 Å². The number of pyridine rings is 1. The SMILES string of the molecule is O=C([NH2+][O-])c1ccncc1. The number of carbonyl (C=O) groups is 1. The first-order chi connectivity index (χ1) is 4.84. The molecular weight excluding hydrogens is 132 g/mol. The topological polar surface area (TPSA) is 69.6 Å². The summed E-state index contributed by atoms with van der Waals surface area (Å²) >= 11 is 0. The van der Waals surface area contributed by atoms with Crippen LogP contribution >= 0.6 is 0 Å². The molecule has 0 aliphatic heterocycles. The summed E-state index contributed by atoms with van der Waals surface area (Å²) in [6.45, 7) is 0. The highest BCUT2D eigenvalue weighted by Crippen LogP contribution is 1.91. The van der Waals surface area contributed by atoms with Gasteiger partial charge in [-0.05, 0) is 12.1 Å². The Hall–Kier alpha value is -1.26. The Labute approximate surface area is 57.5 Å². The number of hydrogen-bond acceptors (Lipinski definition) is 3. The molecule has 0 fully saturated rings. The number of hydrogen-bond donors (Lipinski definition) is 1. The van der Waals surface area contributed by atoms with Gasteiger partial charge in [0.15, 0.2) is 0 Å². The van der Waals surface area contributed by atoms with E-state index in [1.54, 1.807) is 0 Å². The maximum atomic E-state index is 10.6. The minimum atomic E-state index is -0.512. The summed E-state index contributed by atoms with van der Waals surface area (Å²) < 4.78 is 0. The van der Waals surface area contributed by atoms with Gasteiger partial charge in [0.2, 0.25) is 0 Å². The Morgan fingerprint density at radius 2 is 2.10 bits per heavy atom. The molecule has 0 radical (unpaired) electrons. The lowest BCUT2D eigenvalue weighted by Gasteiger charge is -1.97. The minimum Gasteiger partial charge on any atom is -0.628 e. The van der Waals surface area contributed by atoms with Crippen molar-refractivity contribution in [3.8, 4) is 0 Å². The van der Waals surface area contributed by atoms with Crippen molar-refractivity contribution >= 4 is 5.91 Å². The average Bonchev–Trinajstić information content (AvgIpc) is 2.05. The van der Waals surface area contributed by atoms with Crippen LogP contribution in [0.25, 0.3) is 0 Å². The van der Waals surface area contributed by atoms with Gasteiger partial charge in [-0.15, -0.1) is 0 Å². The maximum absolute atomic E-state index is 10.6. The van der Waals surface area contributed by atoms with Gasteiger partial charge in [0.05, 0.1) is 5.56 Å². The number of rotatable bonds is 1. The highest BCUT2D eigenvalue weighted by atomic mass is 16.5. The summed E-state index contributed by atoms with van der Waals surface area (Å²) in [5.41, 5.74) is 0.667. The smallest absolute Gasteiger partial charge is 0.342 e. The molecule has 0 aliphatic carbocycles. The van der Waals surface area contributed by atoms with Crippen molar-refractivity contribution in [3.05, 3.63) is 35.3 Å². The molecule has 1 rings (SSSR count).